The van der Waals surface area contributed by atoms with Crippen molar-refractivity contribution in [3.8, 4) is 0 Å². The number of hydrogen-bond acceptors (Lipinski definition) is 2. The Kier molecular flexibility index (Phi) is 3.90. The van der Waals surface area contributed by atoms with Gasteiger partial charge in [0.25, 0.3) is 0 Å². The molecule has 0 aliphatic carbocycles. The van der Waals surface area contributed by atoms with Crippen LogP contribution in [0.25, 0.3) is 0 Å². The van der Waals surface area contributed by atoms with Gasteiger partial charge in [0, 0.05) is 29.6 Å². The number of nitrogens with zero attached hydrogens (tertiary/aromatic N) is 1. The lowest BCUT2D eigenvalue weighted by molar-refractivity contribution is -0.0531. The molecule has 0 spiro atoms. The van der Waals surface area contributed by atoms with E-state index in [1.807, 2.05) is 0 Å². The molecule has 1 aliphatic heterocycles. The Balaban J connectivity index is 2.26. The van der Waals surface area contributed by atoms with Gasteiger partial charge in [-0.3, -0.25) is 0 Å². The van der Waals surface area contributed by atoms with Crippen molar-refractivity contribution >= 4 is 5.69 Å². The molecule has 2 nitrogen and oxygen atoms in total. The molecule has 21 heavy (non-hydrogen) atoms. The quantitative estimate of drug-likeness (QED) is 0.837. The highest BCUT2D eigenvalue weighted by Crippen LogP contribution is 2.41. The zero-order chi connectivity index (χ0) is 16.1. The third-order valence-electron chi connectivity index (χ3n) is 4.78. The smallest absolute Gasteiger partial charge is 0.0675 e. The predicted molar refractivity (Wildman–Crippen MR) is 90.9 cm³/mol. The van der Waals surface area contributed by atoms with Crippen molar-refractivity contribution in [2.75, 3.05) is 18.0 Å². The number of hydrogen-bond donors (Lipinski definition) is 1. The first-order chi connectivity index (χ1) is 9.43. The van der Waals surface area contributed by atoms with Gasteiger partial charge in [-0.2, -0.15) is 0 Å². The molecular weight excluding hydrogens is 258 g/mol. The van der Waals surface area contributed by atoms with Crippen molar-refractivity contribution in [3.63, 3.8) is 0 Å². The van der Waals surface area contributed by atoms with E-state index >= 15 is 0 Å². The van der Waals surface area contributed by atoms with Crippen LogP contribution in [0.3, 0.4) is 0 Å². The summed E-state index contributed by atoms with van der Waals surface area (Å²) in [7, 11) is 0. The van der Waals surface area contributed by atoms with Crippen LogP contribution in [0.2, 0.25) is 0 Å². The maximum Gasteiger partial charge on any atom is 0.0675 e. The van der Waals surface area contributed by atoms with Gasteiger partial charge in [0.1, 0.15) is 0 Å². The molecule has 0 bridgehead atoms. The minimum atomic E-state index is -0.268. The molecular formula is C19H31NO. The third-order valence-corrected chi connectivity index (χ3v) is 4.78. The Labute approximate surface area is 130 Å². The van der Waals surface area contributed by atoms with Gasteiger partial charge in [-0.1, -0.05) is 60.6 Å². The molecule has 0 aromatic heterocycles. The van der Waals surface area contributed by atoms with Crippen molar-refractivity contribution < 1.29 is 5.11 Å². The first-order valence-corrected chi connectivity index (χ1v) is 7.97. The highest BCUT2D eigenvalue weighted by Gasteiger charge is 2.46. The molecule has 0 saturated carbocycles. The van der Waals surface area contributed by atoms with Gasteiger partial charge >= 0.3 is 0 Å². The highest BCUT2D eigenvalue weighted by atomic mass is 16.3. The maximum atomic E-state index is 10.6. The Morgan fingerprint density at radius 1 is 0.952 bits per heavy atom. The van der Waals surface area contributed by atoms with E-state index in [1.165, 1.54) is 11.3 Å². The Morgan fingerprint density at radius 3 is 1.76 bits per heavy atom. The van der Waals surface area contributed by atoms with Gasteiger partial charge in [0.05, 0.1) is 6.10 Å². The average molecular weight is 289 g/mol. The van der Waals surface area contributed by atoms with Gasteiger partial charge in [0.15, 0.2) is 0 Å². The zero-order valence-corrected chi connectivity index (χ0v) is 14.7. The van der Waals surface area contributed by atoms with Crippen LogP contribution in [-0.4, -0.2) is 24.3 Å². The van der Waals surface area contributed by atoms with E-state index in [1.54, 1.807) is 0 Å². The van der Waals surface area contributed by atoms with E-state index in [0.29, 0.717) is 0 Å². The fraction of sp³-hybridized carbons (Fsp3) is 0.684. The normalized spacial score (nSPS) is 22.4. The summed E-state index contributed by atoms with van der Waals surface area (Å²) < 4.78 is 0. The lowest BCUT2D eigenvalue weighted by Crippen LogP contribution is -2.58. The van der Waals surface area contributed by atoms with Crippen LogP contribution in [0.1, 0.15) is 54.0 Å². The SMILES string of the molecule is CC(C)(C)c1ccc(N2CC(C)(C)C(O)C(C)(C)C2)cc1. The number of aliphatic hydroxyl groups is 1. The summed E-state index contributed by atoms with van der Waals surface area (Å²) in [5.74, 6) is 0. The van der Waals surface area contributed by atoms with E-state index < -0.39 is 0 Å². The van der Waals surface area contributed by atoms with E-state index in [-0.39, 0.29) is 22.3 Å². The first-order valence-electron chi connectivity index (χ1n) is 7.97. The fourth-order valence-corrected chi connectivity index (χ4v) is 3.63. The predicted octanol–water partition coefficient (Wildman–Crippen LogP) is 4.22. The molecule has 1 aromatic rings. The second-order valence-electron chi connectivity index (χ2n) is 9.03. The van der Waals surface area contributed by atoms with Gasteiger partial charge in [-0.25, -0.2) is 0 Å². The van der Waals surface area contributed by atoms with E-state index in [2.05, 4.69) is 77.6 Å². The zero-order valence-electron chi connectivity index (χ0n) is 14.7. The molecule has 1 aliphatic rings. The minimum Gasteiger partial charge on any atom is -0.392 e. The minimum absolute atomic E-state index is 0.0928. The Hall–Kier alpha value is -1.02. The molecule has 0 atom stereocenters. The van der Waals surface area contributed by atoms with Gasteiger partial charge in [-0.05, 0) is 23.1 Å². The van der Waals surface area contributed by atoms with Crippen molar-refractivity contribution in [2.24, 2.45) is 10.8 Å². The lowest BCUT2D eigenvalue weighted by atomic mass is 9.68. The molecule has 2 rings (SSSR count). The summed E-state index contributed by atoms with van der Waals surface area (Å²) in [5, 5.41) is 10.6. The van der Waals surface area contributed by atoms with Crippen molar-refractivity contribution in [1.29, 1.82) is 0 Å². The topological polar surface area (TPSA) is 23.5 Å². The summed E-state index contributed by atoms with van der Waals surface area (Å²) in [6.45, 7) is 17.2. The molecule has 0 amide bonds. The monoisotopic (exact) mass is 289 g/mol. The molecule has 2 heteroatoms. The van der Waals surface area contributed by atoms with Crippen LogP contribution in [0.15, 0.2) is 24.3 Å². The van der Waals surface area contributed by atoms with Crippen molar-refractivity contribution in [2.45, 2.75) is 60.0 Å². The molecule has 1 N–H and O–H groups in total. The van der Waals surface area contributed by atoms with Crippen LogP contribution in [0, 0.1) is 10.8 Å². The summed E-state index contributed by atoms with van der Waals surface area (Å²) in [6, 6.07) is 8.93. The van der Waals surface area contributed by atoms with E-state index in [0.717, 1.165) is 13.1 Å². The number of benzene rings is 1. The summed E-state index contributed by atoms with van der Waals surface area (Å²) >= 11 is 0. The third kappa shape index (κ3) is 3.26. The summed E-state index contributed by atoms with van der Waals surface area (Å²) in [5.41, 5.74) is 2.63. The Bertz CT molecular complexity index is 475. The number of anilines is 1. The average Bonchev–Trinajstić information content (AvgIpc) is 2.34. The van der Waals surface area contributed by atoms with Gasteiger partial charge < -0.3 is 10.0 Å². The molecule has 1 saturated heterocycles. The van der Waals surface area contributed by atoms with Crippen LogP contribution in [-0.2, 0) is 5.41 Å². The molecule has 0 unspecified atom stereocenters. The number of rotatable bonds is 1. The second-order valence-corrected chi connectivity index (χ2v) is 9.03. The van der Waals surface area contributed by atoms with Crippen LogP contribution < -0.4 is 4.90 Å². The molecule has 1 fully saturated rings. The maximum absolute atomic E-state index is 10.6. The first kappa shape index (κ1) is 16.4. The standard InChI is InChI=1S/C19H31NO/c1-17(2,3)14-8-10-15(11-9-14)20-12-18(4,5)16(21)19(6,7)13-20/h8-11,16,21H,12-13H2,1-7H3. The van der Waals surface area contributed by atoms with Gasteiger partial charge in [0.2, 0.25) is 0 Å². The van der Waals surface area contributed by atoms with E-state index in [4.69, 9.17) is 0 Å². The molecule has 118 valence electrons. The van der Waals surface area contributed by atoms with E-state index in [9.17, 15) is 5.11 Å². The summed E-state index contributed by atoms with van der Waals surface area (Å²) in [6.07, 6.45) is -0.268. The molecule has 1 heterocycles. The second kappa shape index (κ2) is 5.01. The fourth-order valence-electron chi connectivity index (χ4n) is 3.63. The largest absolute Gasteiger partial charge is 0.392 e. The molecule has 0 radical (unpaired) electrons. The lowest BCUT2D eigenvalue weighted by Gasteiger charge is -2.51. The van der Waals surface area contributed by atoms with Crippen LogP contribution >= 0.6 is 0 Å². The van der Waals surface area contributed by atoms with Crippen LogP contribution in [0.5, 0.6) is 0 Å². The summed E-state index contributed by atoms with van der Waals surface area (Å²) in [4.78, 5) is 2.42. The highest BCUT2D eigenvalue weighted by molar-refractivity contribution is 5.50. The number of aliphatic hydroxyl groups excluding tert-OH is 1. The Morgan fingerprint density at radius 2 is 1.38 bits per heavy atom. The van der Waals surface area contributed by atoms with Crippen molar-refractivity contribution in [3.05, 3.63) is 29.8 Å². The van der Waals surface area contributed by atoms with Gasteiger partial charge in [-0.15, -0.1) is 0 Å². The molecule has 1 aromatic carbocycles. The number of piperidine rings is 1. The van der Waals surface area contributed by atoms with Crippen molar-refractivity contribution in [1.82, 2.24) is 0 Å². The van der Waals surface area contributed by atoms with Crippen LogP contribution in [0.4, 0.5) is 5.69 Å².